The molecular weight excluding hydrogens is 398 g/mol. The number of benzene rings is 3. The molecule has 0 saturated heterocycles. The van der Waals surface area contributed by atoms with Crippen LogP contribution in [0.5, 0.6) is 0 Å². The molecule has 0 unspecified atom stereocenters. The van der Waals surface area contributed by atoms with Gasteiger partial charge in [0.15, 0.2) is 0 Å². The lowest BCUT2D eigenvalue weighted by molar-refractivity contribution is -0.105. The van der Waals surface area contributed by atoms with E-state index in [0.29, 0.717) is 5.56 Å². The van der Waals surface area contributed by atoms with Crippen molar-refractivity contribution in [1.82, 2.24) is 0 Å². The van der Waals surface area contributed by atoms with Crippen molar-refractivity contribution in [2.45, 2.75) is 43.9 Å². The highest BCUT2D eigenvalue weighted by molar-refractivity contribution is 5.95. The van der Waals surface area contributed by atoms with E-state index in [9.17, 15) is 14.7 Å². The summed E-state index contributed by atoms with van der Waals surface area (Å²) >= 11 is 0. The number of rotatable bonds is 5. The molecule has 0 heterocycles. The van der Waals surface area contributed by atoms with Gasteiger partial charge in [0.25, 0.3) is 0 Å². The van der Waals surface area contributed by atoms with Gasteiger partial charge in [-0.05, 0) is 119 Å². The van der Waals surface area contributed by atoms with Crippen LogP contribution in [0.25, 0.3) is 21.9 Å². The van der Waals surface area contributed by atoms with E-state index in [2.05, 4.69) is 35.6 Å². The third-order valence-electron chi connectivity index (χ3n) is 8.26. The van der Waals surface area contributed by atoms with E-state index in [-0.39, 0.29) is 5.41 Å². The van der Waals surface area contributed by atoms with Gasteiger partial charge in [0.1, 0.15) is 0 Å². The molecule has 162 valence electrons. The van der Waals surface area contributed by atoms with Gasteiger partial charge in [0.2, 0.25) is 6.41 Å². The predicted molar refractivity (Wildman–Crippen MR) is 126 cm³/mol. The molecule has 2 N–H and O–H groups in total. The highest BCUT2D eigenvalue weighted by Gasteiger charge is 2.52. The third-order valence-corrected chi connectivity index (χ3v) is 8.26. The summed E-state index contributed by atoms with van der Waals surface area (Å²) in [5.41, 5.74) is 5.02. The minimum absolute atomic E-state index is 0.184. The molecule has 0 radical (unpaired) electrons. The maximum atomic E-state index is 11.4. The topological polar surface area (TPSA) is 66.4 Å². The second kappa shape index (κ2) is 7.19. The van der Waals surface area contributed by atoms with E-state index in [1.165, 1.54) is 44.1 Å². The van der Waals surface area contributed by atoms with Crippen LogP contribution in [0.3, 0.4) is 0 Å². The molecule has 4 saturated carbocycles. The third kappa shape index (κ3) is 3.12. The van der Waals surface area contributed by atoms with Crippen LogP contribution in [0.4, 0.5) is 5.69 Å². The monoisotopic (exact) mass is 425 g/mol. The molecule has 3 aromatic rings. The van der Waals surface area contributed by atoms with E-state index in [0.717, 1.165) is 51.8 Å². The van der Waals surface area contributed by atoms with Crippen molar-refractivity contribution >= 4 is 28.8 Å². The Morgan fingerprint density at radius 1 is 0.844 bits per heavy atom. The summed E-state index contributed by atoms with van der Waals surface area (Å²) in [6, 6.07) is 17.9. The van der Waals surface area contributed by atoms with Crippen LogP contribution in [0.15, 0.2) is 54.6 Å². The molecule has 0 aliphatic heterocycles. The fraction of sp³-hybridized carbons (Fsp3) is 0.357. The second-order valence-corrected chi connectivity index (χ2v) is 10.3. The summed E-state index contributed by atoms with van der Waals surface area (Å²) in [6.07, 6.45) is 8.69. The zero-order valence-electron chi connectivity index (χ0n) is 18.0. The number of amides is 1. The molecule has 4 aliphatic rings. The molecule has 1 amide bonds. The van der Waals surface area contributed by atoms with Gasteiger partial charge >= 0.3 is 5.97 Å². The van der Waals surface area contributed by atoms with Crippen LogP contribution in [0.1, 0.15) is 54.4 Å². The summed E-state index contributed by atoms with van der Waals surface area (Å²) in [7, 11) is 0. The molecule has 0 aromatic heterocycles. The van der Waals surface area contributed by atoms with Gasteiger partial charge in [0, 0.05) is 5.69 Å². The maximum Gasteiger partial charge on any atom is 0.335 e. The number of aromatic carboxylic acids is 1. The van der Waals surface area contributed by atoms with E-state index in [1.807, 2.05) is 12.1 Å². The fourth-order valence-corrected chi connectivity index (χ4v) is 7.35. The standard InChI is InChI=1S/C28H27NO3/c30-16-29-26-6-5-23(21-1-2-22-11-24(27(31)32)4-3-20(22)10-21)12-25(26)28-13-17-7-18(14-28)9-19(8-17)15-28/h1-6,10-12,16-19H,7-9,13-15H2,(H,29,30)(H,31,32). The largest absolute Gasteiger partial charge is 0.478 e. The number of carboxylic acid groups (broad SMARTS) is 1. The predicted octanol–water partition coefficient (Wildman–Crippen LogP) is 6.24. The van der Waals surface area contributed by atoms with Crippen LogP contribution in [0.2, 0.25) is 0 Å². The lowest BCUT2D eigenvalue weighted by atomic mass is 9.48. The molecule has 4 aliphatic carbocycles. The smallest absolute Gasteiger partial charge is 0.335 e. The SMILES string of the molecule is O=CNc1ccc(-c2ccc3cc(C(=O)O)ccc3c2)cc1C12CC3CC(CC(C3)C1)C2. The maximum absolute atomic E-state index is 11.4. The van der Waals surface area contributed by atoms with E-state index in [4.69, 9.17) is 0 Å². The van der Waals surface area contributed by atoms with E-state index in [1.54, 1.807) is 12.1 Å². The van der Waals surface area contributed by atoms with Crippen LogP contribution < -0.4 is 5.32 Å². The van der Waals surface area contributed by atoms with Crippen molar-refractivity contribution in [3.05, 3.63) is 65.7 Å². The number of fused-ring (bicyclic) bond motifs is 1. The molecule has 3 aromatic carbocycles. The molecule has 7 rings (SSSR count). The van der Waals surface area contributed by atoms with Crippen molar-refractivity contribution in [3.8, 4) is 11.1 Å². The van der Waals surface area contributed by atoms with Crippen LogP contribution in [0, 0.1) is 17.8 Å². The molecular formula is C28H27NO3. The highest BCUT2D eigenvalue weighted by atomic mass is 16.4. The van der Waals surface area contributed by atoms with Gasteiger partial charge in [-0.2, -0.15) is 0 Å². The number of hydrogen-bond donors (Lipinski definition) is 2. The summed E-state index contributed by atoms with van der Waals surface area (Å²) in [6.45, 7) is 0. The number of carbonyl (C=O) groups excluding carboxylic acids is 1. The van der Waals surface area contributed by atoms with Gasteiger partial charge in [-0.25, -0.2) is 4.79 Å². The van der Waals surface area contributed by atoms with Crippen molar-refractivity contribution in [1.29, 1.82) is 0 Å². The van der Waals surface area contributed by atoms with Gasteiger partial charge in [0.05, 0.1) is 5.56 Å². The summed E-state index contributed by atoms with van der Waals surface area (Å²) in [4.78, 5) is 22.7. The zero-order valence-corrected chi connectivity index (χ0v) is 18.0. The lowest BCUT2D eigenvalue weighted by Crippen LogP contribution is -2.48. The van der Waals surface area contributed by atoms with Crippen molar-refractivity contribution < 1.29 is 14.7 Å². The molecule has 4 bridgehead atoms. The Balaban J connectivity index is 1.44. The van der Waals surface area contributed by atoms with Crippen LogP contribution in [-0.2, 0) is 10.2 Å². The van der Waals surface area contributed by atoms with Crippen LogP contribution in [-0.4, -0.2) is 17.5 Å². The minimum Gasteiger partial charge on any atom is -0.478 e. The van der Waals surface area contributed by atoms with E-state index < -0.39 is 5.97 Å². The van der Waals surface area contributed by atoms with E-state index >= 15 is 0 Å². The average Bonchev–Trinajstić information content (AvgIpc) is 2.78. The summed E-state index contributed by atoms with van der Waals surface area (Å²) in [5, 5.41) is 14.2. The van der Waals surface area contributed by atoms with Gasteiger partial charge in [-0.15, -0.1) is 0 Å². The average molecular weight is 426 g/mol. The minimum atomic E-state index is -0.908. The van der Waals surface area contributed by atoms with Crippen molar-refractivity contribution in [2.24, 2.45) is 17.8 Å². The molecule has 32 heavy (non-hydrogen) atoms. The Kier molecular flexibility index (Phi) is 4.39. The quantitative estimate of drug-likeness (QED) is 0.476. The lowest BCUT2D eigenvalue weighted by Gasteiger charge is -2.57. The Hall–Kier alpha value is -3.14. The molecule has 4 heteroatoms. The summed E-state index contributed by atoms with van der Waals surface area (Å²) in [5.74, 6) is 1.59. The Morgan fingerprint density at radius 3 is 2.09 bits per heavy atom. The fourth-order valence-electron chi connectivity index (χ4n) is 7.35. The number of carboxylic acids is 1. The zero-order chi connectivity index (χ0) is 21.9. The first-order chi connectivity index (χ1) is 15.5. The summed E-state index contributed by atoms with van der Waals surface area (Å²) < 4.78 is 0. The Labute approximate surface area is 187 Å². The number of hydrogen-bond acceptors (Lipinski definition) is 2. The molecule has 0 spiro atoms. The first-order valence-corrected chi connectivity index (χ1v) is 11.7. The highest BCUT2D eigenvalue weighted by Crippen LogP contribution is 2.61. The normalized spacial score (nSPS) is 28.1. The van der Waals surface area contributed by atoms with Crippen molar-refractivity contribution in [3.63, 3.8) is 0 Å². The van der Waals surface area contributed by atoms with Crippen molar-refractivity contribution in [2.75, 3.05) is 5.32 Å². The van der Waals surface area contributed by atoms with Gasteiger partial charge in [-0.3, -0.25) is 4.79 Å². The first kappa shape index (κ1) is 19.5. The van der Waals surface area contributed by atoms with Crippen LogP contribution >= 0.6 is 0 Å². The van der Waals surface area contributed by atoms with Gasteiger partial charge in [-0.1, -0.05) is 24.3 Å². The molecule has 0 atom stereocenters. The Morgan fingerprint density at radius 2 is 1.44 bits per heavy atom. The number of anilines is 1. The molecule has 4 fully saturated rings. The first-order valence-electron chi connectivity index (χ1n) is 11.7. The molecule has 4 nitrogen and oxygen atoms in total. The number of carbonyl (C=O) groups is 2. The number of nitrogens with one attached hydrogen (secondary N) is 1. The second-order valence-electron chi connectivity index (χ2n) is 10.3. The van der Waals surface area contributed by atoms with Gasteiger partial charge < -0.3 is 10.4 Å². The Bertz CT molecular complexity index is 1210.